The van der Waals surface area contributed by atoms with Crippen molar-refractivity contribution in [3.8, 4) is 0 Å². The SMILES string of the molecule is CCCN(Cc1ccccc1)C(=O)Cc1[nH]c(C(C)=O)c(C)c1C(=O)OC. The second-order valence-electron chi connectivity index (χ2n) is 6.50. The third-order valence-electron chi connectivity index (χ3n) is 4.46. The van der Waals surface area contributed by atoms with Crippen molar-refractivity contribution in [2.24, 2.45) is 0 Å². The minimum atomic E-state index is -0.552. The lowest BCUT2D eigenvalue weighted by Crippen LogP contribution is -2.33. The Hall–Kier alpha value is -2.89. The average molecular weight is 370 g/mol. The summed E-state index contributed by atoms with van der Waals surface area (Å²) in [6.45, 7) is 6.23. The maximum Gasteiger partial charge on any atom is 0.339 e. The monoisotopic (exact) mass is 370 g/mol. The topological polar surface area (TPSA) is 79.5 Å². The van der Waals surface area contributed by atoms with E-state index in [1.165, 1.54) is 14.0 Å². The fraction of sp³-hybridized carbons (Fsp3) is 0.381. The summed E-state index contributed by atoms with van der Waals surface area (Å²) in [5, 5.41) is 0. The molecule has 2 rings (SSSR count). The molecule has 0 unspecified atom stereocenters. The van der Waals surface area contributed by atoms with Crippen LogP contribution < -0.4 is 0 Å². The van der Waals surface area contributed by atoms with E-state index in [2.05, 4.69) is 4.98 Å². The number of hydrogen-bond donors (Lipinski definition) is 1. The molecule has 27 heavy (non-hydrogen) atoms. The van der Waals surface area contributed by atoms with Gasteiger partial charge >= 0.3 is 5.97 Å². The van der Waals surface area contributed by atoms with Crippen molar-refractivity contribution in [2.45, 2.75) is 40.2 Å². The number of hydrogen-bond acceptors (Lipinski definition) is 4. The predicted octanol–water partition coefficient (Wildman–Crippen LogP) is 3.29. The number of esters is 1. The van der Waals surface area contributed by atoms with Gasteiger partial charge in [-0.05, 0) is 24.5 Å². The van der Waals surface area contributed by atoms with E-state index >= 15 is 0 Å². The van der Waals surface area contributed by atoms with Gasteiger partial charge in [0.25, 0.3) is 0 Å². The van der Waals surface area contributed by atoms with Gasteiger partial charge < -0.3 is 14.6 Å². The van der Waals surface area contributed by atoms with Crippen LogP contribution in [0.2, 0.25) is 0 Å². The summed E-state index contributed by atoms with van der Waals surface area (Å²) in [4.78, 5) is 41.7. The van der Waals surface area contributed by atoms with E-state index in [-0.39, 0.29) is 23.7 Å². The van der Waals surface area contributed by atoms with Gasteiger partial charge in [-0.2, -0.15) is 0 Å². The molecule has 2 aromatic rings. The summed E-state index contributed by atoms with van der Waals surface area (Å²) >= 11 is 0. The van der Waals surface area contributed by atoms with E-state index in [1.54, 1.807) is 11.8 Å². The molecule has 0 aliphatic carbocycles. The number of amides is 1. The van der Waals surface area contributed by atoms with Crippen LogP contribution >= 0.6 is 0 Å². The smallest absolute Gasteiger partial charge is 0.339 e. The van der Waals surface area contributed by atoms with Gasteiger partial charge in [-0.15, -0.1) is 0 Å². The number of carbonyl (C=O) groups excluding carboxylic acids is 3. The highest BCUT2D eigenvalue weighted by atomic mass is 16.5. The number of Topliss-reactive ketones (excluding diaryl/α,β-unsaturated/α-hetero) is 1. The van der Waals surface area contributed by atoms with Crippen LogP contribution in [0.3, 0.4) is 0 Å². The first kappa shape index (κ1) is 20.4. The van der Waals surface area contributed by atoms with E-state index in [4.69, 9.17) is 4.74 Å². The zero-order valence-electron chi connectivity index (χ0n) is 16.3. The Bertz CT molecular complexity index is 824. The Morgan fingerprint density at radius 3 is 2.37 bits per heavy atom. The van der Waals surface area contributed by atoms with Crippen molar-refractivity contribution in [3.05, 3.63) is 58.4 Å². The Morgan fingerprint density at radius 2 is 1.81 bits per heavy atom. The lowest BCUT2D eigenvalue weighted by molar-refractivity contribution is -0.131. The van der Waals surface area contributed by atoms with Crippen LogP contribution in [0.15, 0.2) is 30.3 Å². The first-order chi connectivity index (χ1) is 12.9. The quantitative estimate of drug-likeness (QED) is 0.571. The molecule has 1 N–H and O–H groups in total. The Morgan fingerprint density at radius 1 is 1.15 bits per heavy atom. The van der Waals surface area contributed by atoms with Crippen molar-refractivity contribution < 1.29 is 19.1 Å². The van der Waals surface area contributed by atoms with Crippen LogP contribution in [0.4, 0.5) is 0 Å². The van der Waals surface area contributed by atoms with Gasteiger partial charge in [0.15, 0.2) is 5.78 Å². The summed E-state index contributed by atoms with van der Waals surface area (Å²) in [5.74, 6) is -0.850. The molecule has 144 valence electrons. The first-order valence-corrected chi connectivity index (χ1v) is 9.01. The summed E-state index contributed by atoms with van der Waals surface area (Å²) in [7, 11) is 1.28. The highest BCUT2D eigenvalue weighted by Crippen LogP contribution is 2.21. The largest absolute Gasteiger partial charge is 0.465 e. The standard InChI is InChI=1S/C21H26N2O4/c1-5-11-23(13-16-9-7-6-8-10-16)18(25)12-17-19(21(26)27-4)14(2)20(22-17)15(3)24/h6-10,22H,5,11-13H2,1-4H3. The molecular weight excluding hydrogens is 344 g/mol. The minimum Gasteiger partial charge on any atom is -0.465 e. The van der Waals surface area contributed by atoms with E-state index < -0.39 is 5.97 Å². The number of H-pyrrole nitrogens is 1. The molecule has 0 atom stereocenters. The Kier molecular flexibility index (Phi) is 6.93. The number of methoxy groups -OCH3 is 1. The van der Waals surface area contributed by atoms with Crippen LogP contribution in [0.5, 0.6) is 0 Å². The summed E-state index contributed by atoms with van der Waals surface area (Å²) in [5.41, 5.74) is 2.58. The number of nitrogens with one attached hydrogen (secondary N) is 1. The number of aromatic amines is 1. The van der Waals surface area contributed by atoms with Crippen LogP contribution in [0.25, 0.3) is 0 Å². The molecule has 1 aromatic carbocycles. The Balaban J connectivity index is 2.30. The lowest BCUT2D eigenvalue weighted by atomic mass is 10.1. The van der Waals surface area contributed by atoms with Crippen molar-refractivity contribution >= 4 is 17.7 Å². The molecule has 0 aliphatic rings. The maximum atomic E-state index is 12.9. The van der Waals surface area contributed by atoms with E-state index in [1.807, 2.05) is 37.3 Å². The normalized spacial score (nSPS) is 10.5. The third-order valence-corrected chi connectivity index (χ3v) is 4.46. The number of aromatic nitrogens is 1. The molecule has 0 aliphatic heterocycles. The zero-order valence-corrected chi connectivity index (χ0v) is 16.3. The molecule has 0 fully saturated rings. The summed E-state index contributed by atoms with van der Waals surface area (Å²) in [6, 6.07) is 9.76. The highest BCUT2D eigenvalue weighted by Gasteiger charge is 2.25. The number of benzene rings is 1. The van der Waals surface area contributed by atoms with Gasteiger partial charge in [-0.25, -0.2) is 4.79 Å². The second kappa shape index (κ2) is 9.16. The van der Waals surface area contributed by atoms with Gasteiger partial charge in [-0.3, -0.25) is 9.59 Å². The van der Waals surface area contributed by atoms with Crippen molar-refractivity contribution in [1.29, 1.82) is 0 Å². The second-order valence-corrected chi connectivity index (χ2v) is 6.50. The molecule has 0 saturated carbocycles. The van der Waals surface area contributed by atoms with Gasteiger partial charge in [0.1, 0.15) is 0 Å². The number of nitrogens with zero attached hydrogens (tertiary/aromatic N) is 1. The third kappa shape index (κ3) is 4.84. The van der Waals surface area contributed by atoms with Gasteiger partial charge in [-0.1, -0.05) is 37.3 Å². The van der Waals surface area contributed by atoms with Crippen LogP contribution in [0, 0.1) is 6.92 Å². The minimum absolute atomic E-state index is 0.00534. The number of ether oxygens (including phenoxy) is 1. The van der Waals surface area contributed by atoms with Gasteiger partial charge in [0, 0.05) is 25.7 Å². The maximum absolute atomic E-state index is 12.9. The molecule has 0 bridgehead atoms. The first-order valence-electron chi connectivity index (χ1n) is 9.01. The molecule has 0 spiro atoms. The number of rotatable bonds is 8. The van der Waals surface area contributed by atoms with Gasteiger partial charge in [0.2, 0.25) is 5.91 Å². The van der Waals surface area contributed by atoms with Crippen LogP contribution in [-0.4, -0.2) is 41.2 Å². The van der Waals surface area contributed by atoms with Crippen LogP contribution in [-0.2, 0) is 22.5 Å². The zero-order chi connectivity index (χ0) is 20.0. The van der Waals surface area contributed by atoms with E-state index in [0.717, 1.165) is 12.0 Å². The van der Waals surface area contributed by atoms with E-state index in [0.29, 0.717) is 30.0 Å². The molecule has 1 amide bonds. The number of ketones is 1. The summed E-state index contributed by atoms with van der Waals surface area (Å²) in [6.07, 6.45) is 0.830. The molecular formula is C21H26N2O4. The van der Waals surface area contributed by atoms with Crippen molar-refractivity contribution in [2.75, 3.05) is 13.7 Å². The molecule has 0 saturated heterocycles. The van der Waals surface area contributed by atoms with Crippen LogP contribution in [0.1, 0.15) is 57.9 Å². The molecule has 6 heteroatoms. The van der Waals surface area contributed by atoms with Crippen molar-refractivity contribution in [1.82, 2.24) is 9.88 Å². The molecule has 6 nitrogen and oxygen atoms in total. The summed E-state index contributed by atoms with van der Waals surface area (Å²) < 4.78 is 4.84. The molecule has 0 radical (unpaired) electrons. The fourth-order valence-corrected chi connectivity index (χ4v) is 3.15. The predicted molar refractivity (Wildman–Crippen MR) is 103 cm³/mol. The molecule has 1 aromatic heterocycles. The molecule has 1 heterocycles. The van der Waals surface area contributed by atoms with Crippen molar-refractivity contribution in [3.63, 3.8) is 0 Å². The Labute approximate surface area is 159 Å². The lowest BCUT2D eigenvalue weighted by Gasteiger charge is -2.22. The fourth-order valence-electron chi connectivity index (χ4n) is 3.15. The van der Waals surface area contributed by atoms with E-state index in [9.17, 15) is 14.4 Å². The van der Waals surface area contributed by atoms with Gasteiger partial charge in [0.05, 0.1) is 24.8 Å². The average Bonchev–Trinajstić information content (AvgIpc) is 2.97. The number of carbonyl (C=O) groups is 3. The highest BCUT2D eigenvalue weighted by molar-refractivity contribution is 6.01.